The number of benzene rings is 1. The first-order valence-corrected chi connectivity index (χ1v) is 7.49. The number of hydrogen-bond donors (Lipinski definition) is 1. The Morgan fingerprint density at radius 1 is 1.14 bits per heavy atom. The van der Waals surface area contributed by atoms with E-state index in [9.17, 15) is 13.2 Å². The molecule has 1 aromatic carbocycles. The Kier molecular flexibility index (Phi) is 5.27. The molecule has 2 nitrogen and oxygen atoms in total. The zero-order valence-corrected chi connectivity index (χ0v) is 12.6. The van der Waals surface area contributed by atoms with Crippen LogP contribution in [0.3, 0.4) is 0 Å². The average molecular weight is 300 g/mol. The minimum atomic E-state index is -4.26. The first kappa shape index (κ1) is 16.3. The van der Waals surface area contributed by atoms with Crippen LogP contribution in [0.15, 0.2) is 24.3 Å². The van der Waals surface area contributed by atoms with E-state index >= 15 is 0 Å². The number of nitrogens with one attached hydrogen (secondary N) is 1. The third kappa shape index (κ3) is 5.00. The summed E-state index contributed by atoms with van der Waals surface area (Å²) in [7, 11) is 0. The van der Waals surface area contributed by atoms with E-state index in [0.717, 1.165) is 37.6 Å². The zero-order valence-electron chi connectivity index (χ0n) is 12.6. The molecule has 0 aromatic heterocycles. The summed E-state index contributed by atoms with van der Waals surface area (Å²) in [5.41, 5.74) is 0.175. The first-order valence-electron chi connectivity index (χ1n) is 7.49. The van der Waals surface area contributed by atoms with Gasteiger partial charge in [0.1, 0.15) is 0 Å². The van der Waals surface area contributed by atoms with Gasteiger partial charge in [-0.15, -0.1) is 0 Å². The number of nitrogens with zero attached hydrogens (tertiary/aromatic N) is 1. The molecular weight excluding hydrogens is 277 g/mol. The van der Waals surface area contributed by atoms with Gasteiger partial charge in [-0.05, 0) is 51.4 Å². The summed E-state index contributed by atoms with van der Waals surface area (Å²) in [5, 5.41) is 3.52. The van der Waals surface area contributed by atoms with Crippen LogP contribution >= 0.6 is 0 Å². The monoisotopic (exact) mass is 300 g/mol. The predicted octanol–water partition coefficient (Wildman–Crippen LogP) is 3.67. The van der Waals surface area contributed by atoms with Crippen LogP contribution < -0.4 is 5.32 Å². The molecule has 0 bridgehead atoms. The summed E-state index contributed by atoms with van der Waals surface area (Å²) < 4.78 is 38.2. The molecule has 0 amide bonds. The minimum absolute atomic E-state index is 0.448. The summed E-state index contributed by atoms with van der Waals surface area (Å²) in [6, 6.07) is 6.57. The smallest absolute Gasteiger partial charge is 0.312 e. The van der Waals surface area contributed by atoms with Gasteiger partial charge in [-0.3, -0.25) is 4.90 Å². The Hall–Kier alpha value is -1.07. The number of halogens is 3. The van der Waals surface area contributed by atoms with Gasteiger partial charge in [0.25, 0.3) is 0 Å². The van der Waals surface area contributed by atoms with Crippen LogP contribution in [-0.4, -0.2) is 30.1 Å². The van der Waals surface area contributed by atoms with E-state index in [1.54, 1.807) is 6.07 Å². The second-order valence-electron chi connectivity index (χ2n) is 6.02. The van der Waals surface area contributed by atoms with Crippen molar-refractivity contribution >= 4 is 0 Å². The van der Waals surface area contributed by atoms with E-state index in [4.69, 9.17) is 0 Å². The molecule has 21 heavy (non-hydrogen) atoms. The molecule has 5 heteroatoms. The van der Waals surface area contributed by atoms with Crippen molar-refractivity contribution in [1.82, 2.24) is 10.2 Å². The Bertz CT molecular complexity index is 447. The van der Waals surface area contributed by atoms with E-state index in [1.807, 2.05) is 0 Å². The van der Waals surface area contributed by atoms with Crippen LogP contribution in [0, 0.1) is 0 Å². The fourth-order valence-corrected chi connectivity index (χ4v) is 2.78. The lowest BCUT2D eigenvalue weighted by molar-refractivity contribution is -0.137. The van der Waals surface area contributed by atoms with Crippen molar-refractivity contribution in [3.05, 3.63) is 35.4 Å². The van der Waals surface area contributed by atoms with Gasteiger partial charge in [0.05, 0.1) is 5.56 Å². The fourth-order valence-electron chi connectivity index (χ4n) is 2.78. The average Bonchev–Trinajstić information content (AvgIpc) is 2.40. The van der Waals surface area contributed by atoms with Gasteiger partial charge < -0.3 is 5.32 Å². The maximum Gasteiger partial charge on any atom is 0.416 e. The highest BCUT2D eigenvalue weighted by Gasteiger charge is 2.30. The molecule has 1 fully saturated rings. The number of hydrogen-bond acceptors (Lipinski definition) is 2. The molecule has 0 radical (unpaired) electrons. The van der Waals surface area contributed by atoms with Gasteiger partial charge in [-0.25, -0.2) is 0 Å². The van der Waals surface area contributed by atoms with Crippen LogP contribution in [0.4, 0.5) is 13.2 Å². The molecule has 1 N–H and O–H groups in total. The van der Waals surface area contributed by atoms with Crippen LogP contribution in [0.2, 0.25) is 0 Å². The van der Waals surface area contributed by atoms with E-state index in [1.165, 1.54) is 12.1 Å². The molecule has 118 valence electrons. The van der Waals surface area contributed by atoms with E-state index in [0.29, 0.717) is 18.6 Å². The minimum Gasteiger partial charge on any atom is -0.312 e. The van der Waals surface area contributed by atoms with Gasteiger partial charge in [0.2, 0.25) is 0 Å². The second-order valence-corrected chi connectivity index (χ2v) is 6.02. The third-order valence-electron chi connectivity index (χ3n) is 3.99. The molecule has 1 saturated heterocycles. The summed E-state index contributed by atoms with van der Waals surface area (Å²) >= 11 is 0. The molecule has 1 aromatic rings. The van der Waals surface area contributed by atoms with E-state index in [2.05, 4.69) is 24.1 Å². The Morgan fingerprint density at radius 2 is 1.76 bits per heavy atom. The van der Waals surface area contributed by atoms with Crippen LogP contribution in [0.5, 0.6) is 0 Å². The summed E-state index contributed by atoms with van der Waals surface area (Å²) in [5.74, 6) is 0. The molecule has 0 saturated carbocycles. The van der Waals surface area contributed by atoms with Crippen molar-refractivity contribution in [1.29, 1.82) is 0 Å². The quantitative estimate of drug-likeness (QED) is 0.896. The Balaban J connectivity index is 2.03. The van der Waals surface area contributed by atoms with E-state index < -0.39 is 11.7 Å². The lowest BCUT2D eigenvalue weighted by Gasteiger charge is -2.31. The van der Waals surface area contributed by atoms with Crippen LogP contribution in [0.1, 0.15) is 37.8 Å². The van der Waals surface area contributed by atoms with Crippen molar-refractivity contribution in [3.8, 4) is 0 Å². The summed E-state index contributed by atoms with van der Waals surface area (Å²) in [4.78, 5) is 2.25. The Labute approximate surface area is 124 Å². The number of alkyl halides is 3. The maximum atomic E-state index is 12.7. The lowest BCUT2D eigenvalue weighted by atomic mass is 10.1. The van der Waals surface area contributed by atoms with Gasteiger partial charge in [-0.1, -0.05) is 18.2 Å². The summed E-state index contributed by atoms with van der Waals surface area (Å²) in [6.07, 6.45) is -2.23. The molecule has 0 spiro atoms. The fraction of sp³-hybridized carbons (Fsp3) is 0.625. The Morgan fingerprint density at radius 3 is 2.33 bits per heavy atom. The highest BCUT2D eigenvalue weighted by molar-refractivity contribution is 5.25. The van der Waals surface area contributed by atoms with E-state index in [-0.39, 0.29) is 0 Å². The molecule has 1 heterocycles. The first-order chi connectivity index (χ1) is 9.84. The zero-order chi connectivity index (χ0) is 15.5. The molecular formula is C16H23F3N2. The largest absolute Gasteiger partial charge is 0.416 e. The predicted molar refractivity (Wildman–Crippen MR) is 78.0 cm³/mol. The van der Waals surface area contributed by atoms with Gasteiger partial charge in [0, 0.05) is 18.6 Å². The molecule has 2 atom stereocenters. The van der Waals surface area contributed by atoms with Crippen molar-refractivity contribution in [2.24, 2.45) is 0 Å². The van der Waals surface area contributed by atoms with Crippen LogP contribution in [0.25, 0.3) is 0 Å². The van der Waals surface area contributed by atoms with Crippen molar-refractivity contribution in [2.45, 2.75) is 51.5 Å². The normalized spacial score (nSPS) is 25.4. The molecule has 2 rings (SSSR count). The van der Waals surface area contributed by atoms with Crippen LogP contribution in [-0.2, 0) is 12.7 Å². The van der Waals surface area contributed by atoms with Crippen molar-refractivity contribution in [3.63, 3.8) is 0 Å². The topological polar surface area (TPSA) is 15.3 Å². The molecule has 2 unspecified atom stereocenters. The molecule has 0 aliphatic carbocycles. The highest BCUT2D eigenvalue weighted by atomic mass is 19.4. The molecule has 1 aliphatic heterocycles. The lowest BCUT2D eigenvalue weighted by Crippen LogP contribution is -2.42. The van der Waals surface area contributed by atoms with Gasteiger partial charge >= 0.3 is 6.18 Å². The maximum absolute atomic E-state index is 12.7. The molecule has 1 aliphatic rings. The SMILES string of the molecule is CC1CCN(Cc2cccc(C(F)(F)F)c2)CCC(C)N1. The highest BCUT2D eigenvalue weighted by Crippen LogP contribution is 2.29. The van der Waals surface area contributed by atoms with Gasteiger partial charge in [-0.2, -0.15) is 13.2 Å². The standard InChI is InChI=1S/C16H23F3N2/c1-12-6-8-21(9-7-13(2)20-12)11-14-4-3-5-15(10-14)16(17,18)19/h3-5,10,12-13,20H,6-9,11H2,1-2H3. The second kappa shape index (κ2) is 6.79. The van der Waals surface area contributed by atoms with Crippen molar-refractivity contribution in [2.75, 3.05) is 13.1 Å². The number of rotatable bonds is 2. The summed E-state index contributed by atoms with van der Waals surface area (Å²) in [6.45, 7) is 6.73. The van der Waals surface area contributed by atoms with Gasteiger partial charge in [0.15, 0.2) is 0 Å². The van der Waals surface area contributed by atoms with Crippen molar-refractivity contribution < 1.29 is 13.2 Å². The third-order valence-corrected chi connectivity index (χ3v) is 3.99.